The van der Waals surface area contributed by atoms with Gasteiger partial charge < -0.3 is 4.74 Å². The van der Waals surface area contributed by atoms with E-state index in [9.17, 15) is 0 Å². The van der Waals surface area contributed by atoms with Gasteiger partial charge in [-0.05, 0) is 79.3 Å². The molecule has 1 atom stereocenters. The first-order valence-electron chi connectivity index (χ1n) is 17.6. The predicted molar refractivity (Wildman–Crippen MR) is 204 cm³/mol. The number of allylic oxidation sites excluding steroid dienone is 4. The van der Waals surface area contributed by atoms with Crippen molar-refractivity contribution in [3.8, 4) is 5.75 Å². The molecule has 1 nitrogen and oxygen atoms in total. The summed E-state index contributed by atoms with van der Waals surface area (Å²) in [4.78, 5) is 0. The van der Waals surface area contributed by atoms with Crippen molar-refractivity contribution in [2.24, 2.45) is 10.8 Å². The van der Waals surface area contributed by atoms with Gasteiger partial charge in [-0.25, -0.2) is 0 Å². The number of fused-ring (bicyclic) bond motifs is 3. The van der Waals surface area contributed by atoms with E-state index in [0.717, 1.165) is 0 Å². The molecule has 0 saturated heterocycles. The van der Waals surface area contributed by atoms with E-state index in [-0.39, 0.29) is 16.2 Å². The summed E-state index contributed by atoms with van der Waals surface area (Å²) < 4.78 is 6.85. The lowest BCUT2D eigenvalue weighted by Gasteiger charge is -2.43. The molecule has 0 radical (unpaired) electrons. The van der Waals surface area contributed by atoms with Gasteiger partial charge >= 0.3 is 0 Å². The van der Waals surface area contributed by atoms with Gasteiger partial charge in [-0.3, -0.25) is 0 Å². The number of hydrogen-bond acceptors (Lipinski definition) is 1. The van der Waals surface area contributed by atoms with Crippen LogP contribution in [0.2, 0.25) is 37.3 Å². The standard InChI is InChI=1S/C42H60OSi2/c1-15-22-43-38-34(44(12,13)14)23-28(4)24-35(38)45(16-2,17-3)39-33-27-41(8,9)21-20-32(33)37-36(39)31-19-18-30(40(5,6)7)25-29(31)26-42(37,10)11/h15,18-19,23-27,39H,1,16-17,20-22H2,2-14H3. The van der Waals surface area contributed by atoms with Crippen LogP contribution in [0.25, 0.3) is 11.6 Å². The quantitative estimate of drug-likeness (QED) is 0.207. The van der Waals surface area contributed by atoms with Gasteiger partial charge in [0.2, 0.25) is 0 Å². The van der Waals surface area contributed by atoms with E-state index < -0.39 is 16.1 Å². The molecule has 0 N–H and O–H groups in total. The molecule has 0 aromatic heterocycles. The zero-order chi connectivity index (χ0) is 33.3. The lowest BCUT2D eigenvalue weighted by atomic mass is 9.72. The van der Waals surface area contributed by atoms with Crippen LogP contribution < -0.4 is 25.5 Å². The molecule has 0 heterocycles. The third kappa shape index (κ3) is 5.75. The maximum atomic E-state index is 6.85. The third-order valence-corrected chi connectivity index (χ3v) is 18.9. The molecule has 0 fully saturated rings. The van der Waals surface area contributed by atoms with Crippen LogP contribution in [0.15, 0.2) is 65.8 Å². The van der Waals surface area contributed by atoms with Crippen LogP contribution in [0, 0.1) is 17.8 Å². The molecule has 0 amide bonds. The molecule has 3 aliphatic carbocycles. The average molecular weight is 637 g/mol. The zero-order valence-corrected chi connectivity index (χ0v) is 32.8. The fraction of sp³-hybridized carbons (Fsp3) is 0.524. The summed E-state index contributed by atoms with van der Waals surface area (Å²) in [7, 11) is -3.99. The summed E-state index contributed by atoms with van der Waals surface area (Å²) in [5.74, 6) is 1.20. The number of rotatable bonds is 8. The second-order valence-corrected chi connectivity index (χ2v) is 27.5. The molecule has 5 rings (SSSR count). The zero-order valence-electron chi connectivity index (χ0n) is 30.8. The largest absolute Gasteiger partial charge is 0.490 e. The summed E-state index contributed by atoms with van der Waals surface area (Å²) >= 11 is 0. The summed E-state index contributed by atoms with van der Waals surface area (Å²) in [5, 5.41) is 5.93. The Kier molecular flexibility index (Phi) is 8.61. The van der Waals surface area contributed by atoms with Crippen LogP contribution in [-0.4, -0.2) is 22.8 Å². The van der Waals surface area contributed by atoms with Crippen molar-refractivity contribution < 1.29 is 4.74 Å². The summed E-state index contributed by atoms with van der Waals surface area (Å²) in [6.45, 7) is 36.3. The van der Waals surface area contributed by atoms with Crippen LogP contribution in [0.1, 0.15) is 86.3 Å². The van der Waals surface area contributed by atoms with Crippen molar-refractivity contribution >= 4 is 38.2 Å². The first-order valence-corrected chi connectivity index (χ1v) is 23.5. The highest BCUT2D eigenvalue weighted by atomic mass is 28.3. The number of benzene rings is 2. The number of hydrogen-bond donors (Lipinski definition) is 0. The molecule has 3 heteroatoms. The maximum absolute atomic E-state index is 6.85. The number of ether oxygens (including phenoxy) is 1. The van der Waals surface area contributed by atoms with Gasteiger partial charge in [0, 0.05) is 11.0 Å². The van der Waals surface area contributed by atoms with Gasteiger partial charge in [0.1, 0.15) is 20.4 Å². The van der Waals surface area contributed by atoms with Crippen molar-refractivity contribution in [3.63, 3.8) is 0 Å². The Morgan fingerprint density at radius 3 is 2.18 bits per heavy atom. The fourth-order valence-electron chi connectivity index (χ4n) is 8.81. The third-order valence-electron chi connectivity index (χ3n) is 11.2. The van der Waals surface area contributed by atoms with E-state index in [1.54, 1.807) is 27.5 Å². The molecule has 0 saturated carbocycles. The van der Waals surface area contributed by atoms with Crippen molar-refractivity contribution in [3.05, 3.63) is 87.3 Å². The molecule has 2 aromatic carbocycles. The molecular formula is C42H60OSi2. The highest BCUT2D eigenvalue weighted by Gasteiger charge is 2.54. The molecule has 0 aliphatic heterocycles. The van der Waals surface area contributed by atoms with Crippen molar-refractivity contribution in [1.82, 2.24) is 0 Å². The minimum atomic E-state index is -2.28. The van der Waals surface area contributed by atoms with E-state index in [4.69, 9.17) is 4.74 Å². The highest BCUT2D eigenvalue weighted by Crippen LogP contribution is 2.62. The minimum absolute atomic E-state index is 0.0244. The lowest BCUT2D eigenvalue weighted by Crippen LogP contribution is -2.56. The molecule has 1 unspecified atom stereocenters. The molecule has 3 aliphatic rings. The SMILES string of the molecule is C=CCOc1c([Si](C)(C)C)cc(C)cc1[Si](CC)(CC)C1C2=CC(C)(C)CCC2=C2C1=c1ccc(C(C)(C)C)cc1=CC2(C)C. The topological polar surface area (TPSA) is 9.23 Å². The van der Waals surface area contributed by atoms with Crippen molar-refractivity contribution in [2.45, 2.75) is 125 Å². The normalized spacial score (nSPS) is 20.6. The van der Waals surface area contributed by atoms with E-state index in [1.165, 1.54) is 57.4 Å². The summed E-state index contributed by atoms with van der Waals surface area (Å²) in [5.41, 5.74) is 10.1. The van der Waals surface area contributed by atoms with Crippen molar-refractivity contribution in [2.75, 3.05) is 6.61 Å². The first-order chi connectivity index (χ1) is 20.8. The van der Waals surface area contributed by atoms with E-state index >= 15 is 0 Å². The van der Waals surface area contributed by atoms with Crippen molar-refractivity contribution in [1.29, 1.82) is 0 Å². The summed E-state index contributed by atoms with van der Waals surface area (Å²) in [6, 6.07) is 14.8. The molecule has 2 aromatic rings. The molecule has 0 spiro atoms. The van der Waals surface area contributed by atoms with Gasteiger partial charge in [-0.1, -0.05) is 155 Å². The smallest absolute Gasteiger partial charge is 0.118 e. The van der Waals surface area contributed by atoms with Gasteiger partial charge in [-0.2, -0.15) is 0 Å². The molecule has 0 bridgehead atoms. The maximum Gasteiger partial charge on any atom is 0.118 e. The summed E-state index contributed by atoms with van der Waals surface area (Å²) in [6.07, 6.45) is 9.63. The van der Waals surface area contributed by atoms with Gasteiger partial charge in [0.25, 0.3) is 0 Å². The highest BCUT2D eigenvalue weighted by molar-refractivity contribution is 6.97. The Bertz CT molecular complexity index is 1710. The Labute approximate surface area is 277 Å². The van der Waals surface area contributed by atoms with Crippen LogP contribution in [0.5, 0.6) is 5.75 Å². The van der Waals surface area contributed by atoms with Crippen LogP contribution in [-0.2, 0) is 5.41 Å². The number of aryl methyl sites for hydroxylation is 1. The lowest BCUT2D eigenvalue weighted by molar-refractivity contribution is 0.368. The van der Waals surface area contributed by atoms with Gasteiger partial charge in [0.15, 0.2) is 0 Å². The Balaban J connectivity index is 1.96. The fourth-order valence-corrected chi connectivity index (χ4v) is 15.8. The predicted octanol–water partition coefficient (Wildman–Crippen LogP) is 9.20. The Hall–Kier alpha value is -2.37. The second-order valence-electron chi connectivity index (χ2n) is 17.6. The molecule has 45 heavy (non-hydrogen) atoms. The van der Waals surface area contributed by atoms with Crippen LogP contribution >= 0.6 is 0 Å². The second kappa shape index (κ2) is 11.4. The van der Waals surface area contributed by atoms with E-state index in [2.05, 4.69) is 138 Å². The van der Waals surface area contributed by atoms with Gasteiger partial charge in [-0.15, -0.1) is 0 Å². The van der Waals surface area contributed by atoms with Crippen LogP contribution in [0.3, 0.4) is 0 Å². The average Bonchev–Trinajstić information content (AvgIpc) is 3.27. The van der Waals surface area contributed by atoms with Crippen LogP contribution in [0.4, 0.5) is 0 Å². The Morgan fingerprint density at radius 2 is 1.60 bits per heavy atom. The first kappa shape index (κ1) is 34.0. The van der Waals surface area contributed by atoms with Gasteiger partial charge in [0.05, 0.1) is 8.07 Å². The molecule has 242 valence electrons. The Morgan fingerprint density at radius 1 is 0.956 bits per heavy atom. The van der Waals surface area contributed by atoms with E-state index in [0.29, 0.717) is 12.1 Å². The monoisotopic (exact) mass is 636 g/mol. The molecular weight excluding hydrogens is 577 g/mol. The van der Waals surface area contributed by atoms with E-state index in [1.807, 2.05) is 6.08 Å². The minimum Gasteiger partial charge on any atom is -0.490 e.